The van der Waals surface area contributed by atoms with Crippen LogP contribution in [0.25, 0.3) is 0 Å². The zero-order chi connectivity index (χ0) is 16.6. The van der Waals surface area contributed by atoms with Crippen molar-refractivity contribution < 1.29 is 18.0 Å². The summed E-state index contributed by atoms with van der Waals surface area (Å²) in [6.45, 7) is 1.03. The lowest BCUT2D eigenvalue weighted by Crippen LogP contribution is -2.32. The number of carbonyl (C=O) groups is 1. The van der Waals surface area contributed by atoms with Gasteiger partial charge in [-0.05, 0) is 19.4 Å². The molecular weight excluding hydrogens is 315 g/mol. The van der Waals surface area contributed by atoms with E-state index in [0.717, 1.165) is 0 Å². The van der Waals surface area contributed by atoms with Gasteiger partial charge in [0.2, 0.25) is 0 Å². The van der Waals surface area contributed by atoms with E-state index >= 15 is 0 Å². The highest BCUT2D eigenvalue weighted by molar-refractivity contribution is 5.93. The quantitative estimate of drug-likeness (QED) is 0.903. The van der Waals surface area contributed by atoms with Crippen molar-refractivity contribution in [2.45, 2.75) is 32.0 Å². The Morgan fingerprint density at radius 3 is 2.91 bits per heavy atom. The molecule has 124 valence electrons. The monoisotopic (exact) mass is 329 g/mol. The summed E-state index contributed by atoms with van der Waals surface area (Å²) in [7, 11) is 0. The average Bonchev–Trinajstić information content (AvgIpc) is 3.15. The van der Waals surface area contributed by atoms with Gasteiger partial charge in [0.25, 0.3) is 5.91 Å². The number of H-pyrrole nitrogens is 1. The Bertz CT molecular complexity index is 694. The third kappa shape index (κ3) is 3.32. The van der Waals surface area contributed by atoms with Crippen LogP contribution in [0.1, 0.15) is 34.3 Å². The van der Waals surface area contributed by atoms with Gasteiger partial charge in [-0.15, -0.1) is 10.2 Å². The van der Waals surface area contributed by atoms with Crippen molar-refractivity contribution in [3.63, 3.8) is 0 Å². The molecule has 1 unspecified atom stereocenters. The molecule has 1 fully saturated rings. The van der Waals surface area contributed by atoms with Crippen molar-refractivity contribution in [1.82, 2.24) is 35.3 Å². The number of hydrogen-bond donors (Lipinski definition) is 1. The molecule has 1 N–H and O–H groups in total. The lowest BCUT2D eigenvalue weighted by Gasteiger charge is -2.17. The smallest absolute Gasteiger partial charge is 0.337 e. The van der Waals surface area contributed by atoms with Crippen LogP contribution in [0.2, 0.25) is 0 Å². The Balaban J connectivity index is 1.76. The number of rotatable bonds is 3. The van der Waals surface area contributed by atoms with Gasteiger partial charge < -0.3 is 4.90 Å². The number of tetrazole rings is 1. The minimum atomic E-state index is -4.44. The molecule has 1 aliphatic heterocycles. The maximum absolute atomic E-state index is 12.6. The van der Waals surface area contributed by atoms with Crippen LogP contribution in [0.4, 0.5) is 13.2 Å². The zero-order valence-electron chi connectivity index (χ0n) is 12.2. The predicted molar refractivity (Wildman–Crippen MR) is 70.5 cm³/mol. The first kappa shape index (κ1) is 15.4. The first-order valence-electron chi connectivity index (χ1n) is 6.97. The molecule has 0 bridgehead atoms. The highest BCUT2D eigenvalue weighted by Crippen LogP contribution is 2.26. The molecular formula is C12H14F3N7O. The fraction of sp³-hybridized carbons (Fsp3) is 0.583. The Morgan fingerprint density at radius 1 is 1.48 bits per heavy atom. The Morgan fingerprint density at radius 2 is 2.26 bits per heavy atom. The molecule has 3 rings (SSSR count). The van der Waals surface area contributed by atoms with Gasteiger partial charge in [0.1, 0.15) is 12.2 Å². The van der Waals surface area contributed by atoms with E-state index in [1.54, 1.807) is 6.92 Å². The number of aryl methyl sites for hydroxylation is 1. The number of amides is 1. The summed E-state index contributed by atoms with van der Waals surface area (Å²) in [4.78, 5) is 14.0. The Kier molecular flexibility index (Phi) is 3.78. The van der Waals surface area contributed by atoms with Crippen LogP contribution in [0.15, 0.2) is 6.07 Å². The second kappa shape index (κ2) is 5.63. The van der Waals surface area contributed by atoms with Gasteiger partial charge in [-0.3, -0.25) is 9.48 Å². The minimum absolute atomic E-state index is 0.0615. The van der Waals surface area contributed by atoms with Crippen molar-refractivity contribution in [3.8, 4) is 0 Å². The molecule has 0 radical (unpaired) electrons. The van der Waals surface area contributed by atoms with Gasteiger partial charge in [-0.2, -0.15) is 23.5 Å². The van der Waals surface area contributed by atoms with E-state index in [-0.39, 0.29) is 11.6 Å². The minimum Gasteiger partial charge on any atom is -0.337 e. The van der Waals surface area contributed by atoms with Gasteiger partial charge in [0.15, 0.2) is 5.82 Å². The van der Waals surface area contributed by atoms with E-state index in [1.807, 2.05) is 0 Å². The largest absolute Gasteiger partial charge is 0.408 e. The standard InChI is InChI=1S/C12H14F3N7O/c1-7-4-9(22(18-7)6-12(13,14)15)11(23)21-3-2-8(5-21)10-16-19-20-17-10/h4,8H,2-3,5-6H2,1H3,(H,16,17,19,20). The Labute approximate surface area is 128 Å². The van der Waals surface area contributed by atoms with Crippen molar-refractivity contribution in [1.29, 1.82) is 0 Å². The van der Waals surface area contributed by atoms with E-state index in [2.05, 4.69) is 25.7 Å². The number of likely N-dealkylation sites (tertiary alicyclic amines) is 1. The number of nitrogens with one attached hydrogen (secondary N) is 1. The number of halogens is 3. The number of nitrogens with zero attached hydrogens (tertiary/aromatic N) is 6. The normalized spacial score (nSPS) is 18.6. The van der Waals surface area contributed by atoms with Crippen LogP contribution < -0.4 is 0 Å². The fourth-order valence-corrected chi connectivity index (χ4v) is 2.67. The lowest BCUT2D eigenvalue weighted by atomic mass is 10.1. The lowest BCUT2D eigenvalue weighted by molar-refractivity contribution is -0.142. The highest BCUT2D eigenvalue weighted by Gasteiger charge is 2.34. The molecule has 11 heteroatoms. The fourth-order valence-electron chi connectivity index (χ4n) is 2.67. The van der Waals surface area contributed by atoms with Gasteiger partial charge in [0, 0.05) is 19.0 Å². The van der Waals surface area contributed by atoms with Crippen LogP contribution in [0, 0.1) is 6.92 Å². The molecule has 1 amide bonds. The molecule has 0 saturated carbocycles. The number of aromatic nitrogens is 6. The van der Waals surface area contributed by atoms with Crippen molar-refractivity contribution >= 4 is 5.91 Å². The molecule has 1 aliphatic rings. The van der Waals surface area contributed by atoms with Crippen molar-refractivity contribution in [2.24, 2.45) is 0 Å². The van der Waals surface area contributed by atoms with E-state index in [1.165, 1.54) is 11.0 Å². The number of carbonyl (C=O) groups excluding carboxylic acids is 1. The molecule has 0 aliphatic carbocycles. The first-order valence-corrected chi connectivity index (χ1v) is 6.97. The molecule has 2 aromatic rings. The third-order valence-electron chi connectivity index (χ3n) is 3.65. The highest BCUT2D eigenvalue weighted by atomic mass is 19.4. The second-order valence-corrected chi connectivity index (χ2v) is 5.45. The SMILES string of the molecule is Cc1cc(C(=O)N2CCC(c3nn[nH]n3)C2)n(CC(F)(F)F)n1. The molecule has 1 atom stereocenters. The average molecular weight is 329 g/mol. The maximum atomic E-state index is 12.6. The summed E-state index contributed by atoms with van der Waals surface area (Å²) in [6.07, 6.45) is -3.80. The van der Waals surface area contributed by atoms with E-state index in [9.17, 15) is 18.0 Å². The predicted octanol–water partition coefficient (Wildman–Crippen LogP) is 0.897. The van der Waals surface area contributed by atoms with Gasteiger partial charge in [0.05, 0.1) is 5.69 Å². The van der Waals surface area contributed by atoms with Crippen LogP contribution >= 0.6 is 0 Å². The Hall–Kier alpha value is -2.46. The summed E-state index contributed by atoms with van der Waals surface area (Å²) < 4.78 is 38.5. The molecule has 1 saturated heterocycles. The van der Waals surface area contributed by atoms with Crippen LogP contribution in [0.3, 0.4) is 0 Å². The molecule has 23 heavy (non-hydrogen) atoms. The second-order valence-electron chi connectivity index (χ2n) is 5.45. The van der Waals surface area contributed by atoms with Gasteiger partial charge in [-0.1, -0.05) is 5.21 Å². The van der Waals surface area contributed by atoms with Gasteiger partial charge in [-0.25, -0.2) is 0 Å². The topological polar surface area (TPSA) is 92.6 Å². The van der Waals surface area contributed by atoms with Crippen LogP contribution in [0.5, 0.6) is 0 Å². The molecule has 0 aromatic carbocycles. The van der Waals surface area contributed by atoms with Crippen molar-refractivity contribution in [2.75, 3.05) is 13.1 Å². The summed E-state index contributed by atoms with van der Waals surface area (Å²) in [5.41, 5.74) is 0.306. The number of aromatic amines is 1. The van der Waals surface area contributed by atoms with E-state index in [4.69, 9.17) is 0 Å². The maximum Gasteiger partial charge on any atom is 0.408 e. The summed E-state index contributed by atoms with van der Waals surface area (Å²) >= 11 is 0. The summed E-state index contributed by atoms with van der Waals surface area (Å²) in [5, 5.41) is 17.4. The molecule has 3 heterocycles. The number of alkyl halides is 3. The molecule has 8 nitrogen and oxygen atoms in total. The summed E-state index contributed by atoms with van der Waals surface area (Å²) in [6, 6.07) is 1.37. The van der Waals surface area contributed by atoms with E-state index in [0.29, 0.717) is 35.7 Å². The van der Waals surface area contributed by atoms with Crippen LogP contribution in [-0.2, 0) is 6.54 Å². The van der Waals surface area contributed by atoms with Crippen molar-refractivity contribution in [3.05, 3.63) is 23.3 Å². The zero-order valence-corrected chi connectivity index (χ0v) is 12.2. The first-order chi connectivity index (χ1) is 10.8. The third-order valence-corrected chi connectivity index (χ3v) is 3.65. The molecule has 0 spiro atoms. The van der Waals surface area contributed by atoms with Gasteiger partial charge >= 0.3 is 6.18 Å². The number of hydrogen-bond acceptors (Lipinski definition) is 5. The molecule has 2 aromatic heterocycles. The van der Waals surface area contributed by atoms with E-state index < -0.39 is 18.6 Å². The van der Waals surface area contributed by atoms with Crippen LogP contribution in [-0.4, -0.2) is 60.5 Å². The summed E-state index contributed by atoms with van der Waals surface area (Å²) in [5.74, 6) is -0.0427.